The molecule has 0 aliphatic carbocycles. The van der Waals surface area contributed by atoms with Crippen molar-refractivity contribution in [2.45, 2.75) is 13.3 Å². The van der Waals surface area contributed by atoms with Crippen molar-refractivity contribution in [3.05, 3.63) is 35.8 Å². The first-order chi connectivity index (χ1) is 12.6. The van der Waals surface area contributed by atoms with Gasteiger partial charge in [-0.1, -0.05) is 0 Å². The van der Waals surface area contributed by atoms with E-state index < -0.39 is 0 Å². The Bertz CT molecular complexity index is 752. The topological polar surface area (TPSA) is 94.6 Å². The molecule has 1 heterocycles. The first kappa shape index (κ1) is 19.5. The largest absolute Gasteiger partial charge is 0.497 e. The summed E-state index contributed by atoms with van der Waals surface area (Å²) in [6.45, 7) is 2.84. The Labute approximate surface area is 152 Å². The molecule has 26 heavy (non-hydrogen) atoms. The SMILES string of the molecule is COCCCNC(=O)c1cc(Nc2cc(OC)ccc2OC)nc(C)n1. The average Bonchev–Trinajstić information content (AvgIpc) is 2.64. The molecule has 1 aromatic carbocycles. The summed E-state index contributed by atoms with van der Waals surface area (Å²) in [5.41, 5.74) is 0.968. The van der Waals surface area contributed by atoms with Crippen LogP contribution in [-0.2, 0) is 4.74 Å². The molecule has 2 N–H and O–H groups in total. The van der Waals surface area contributed by atoms with Crippen molar-refractivity contribution in [3.8, 4) is 11.5 Å². The van der Waals surface area contributed by atoms with E-state index in [-0.39, 0.29) is 5.91 Å². The summed E-state index contributed by atoms with van der Waals surface area (Å²) < 4.78 is 15.6. The van der Waals surface area contributed by atoms with Gasteiger partial charge in [-0.15, -0.1) is 0 Å². The summed E-state index contributed by atoms with van der Waals surface area (Å²) in [5.74, 6) is 2.03. The van der Waals surface area contributed by atoms with E-state index in [0.29, 0.717) is 47.7 Å². The number of nitrogens with zero attached hydrogens (tertiary/aromatic N) is 2. The molecule has 8 nitrogen and oxygen atoms in total. The van der Waals surface area contributed by atoms with E-state index in [9.17, 15) is 4.79 Å². The maximum absolute atomic E-state index is 12.3. The van der Waals surface area contributed by atoms with Crippen LogP contribution in [0.4, 0.5) is 11.5 Å². The molecule has 2 aromatic rings. The Hall–Kier alpha value is -2.87. The van der Waals surface area contributed by atoms with Crippen molar-refractivity contribution in [1.82, 2.24) is 15.3 Å². The number of aromatic nitrogens is 2. The number of carbonyl (C=O) groups is 1. The number of rotatable bonds is 9. The lowest BCUT2D eigenvalue weighted by atomic mass is 10.2. The summed E-state index contributed by atoms with van der Waals surface area (Å²) in [6, 6.07) is 6.98. The first-order valence-electron chi connectivity index (χ1n) is 8.19. The van der Waals surface area contributed by atoms with Crippen molar-refractivity contribution < 1.29 is 19.0 Å². The molecule has 1 aromatic heterocycles. The van der Waals surface area contributed by atoms with Gasteiger partial charge in [-0.2, -0.15) is 0 Å². The summed E-state index contributed by atoms with van der Waals surface area (Å²) in [4.78, 5) is 20.8. The first-order valence-corrected chi connectivity index (χ1v) is 8.19. The number of hydrogen-bond acceptors (Lipinski definition) is 7. The molecule has 8 heteroatoms. The van der Waals surface area contributed by atoms with E-state index in [1.54, 1.807) is 52.5 Å². The fraction of sp³-hybridized carbons (Fsp3) is 0.389. The molecule has 0 spiro atoms. The fourth-order valence-corrected chi connectivity index (χ4v) is 2.31. The van der Waals surface area contributed by atoms with Gasteiger partial charge in [-0.25, -0.2) is 9.97 Å². The van der Waals surface area contributed by atoms with E-state index in [4.69, 9.17) is 14.2 Å². The summed E-state index contributed by atoms with van der Waals surface area (Å²) in [7, 11) is 4.80. The average molecular weight is 360 g/mol. The lowest BCUT2D eigenvalue weighted by Gasteiger charge is -2.13. The number of carbonyl (C=O) groups excluding carboxylic acids is 1. The van der Waals surface area contributed by atoms with Crippen LogP contribution in [0, 0.1) is 6.92 Å². The number of nitrogens with one attached hydrogen (secondary N) is 2. The van der Waals surface area contributed by atoms with Crippen LogP contribution < -0.4 is 20.1 Å². The van der Waals surface area contributed by atoms with E-state index in [0.717, 1.165) is 6.42 Å². The molecule has 2 rings (SSSR count). The highest BCUT2D eigenvalue weighted by atomic mass is 16.5. The predicted octanol–water partition coefficient (Wildman–Crippen LogP) is 2.31. The Morgan fingerprint density at radius 1 is 1.12 bits per heavy atom. The van der Waals surface area contributed by atoms with E-state index in [1.807, 2.05) is 0 Å². The van der Waals surface area contributed by atoms with Crippen LogP contribution in [0.15, 0.2) is 24.3 Å². The zero-order valence-corrected chi connectivity index (χ0v) is 15.5. The van der Waals surface area contributed by atoms with Crippen molar-refractivity contribution in [1.29, 1.82) is 0 Å². The molecule has 0 bridgehead atoms. The van der Waals surface area contributed by atoms with Crippen LogP contribution >= 0.6 is 0 Å². The van der Waals surface area contributed by atoms with Crippen LogP contribution in [0.25, 0.3) is 0 Å². The minimum absolute atomic E-state index is 0.257. The molecular weight excluding hydrogens is 336 g/mol. The third-order valence-corrected chi connectivity index (χ3v) is 3.55. The number of ether oxygens (including phenoxy) is 3. The Morgan fingerprint density at radius 3 is 2.62 bits per heavy atom. The molecule has 1 amide bonds. The minimum atomic E-state index is -0.257. The second kappa shape index (κ2) is 9.57. The maximum Gasteiger partial charge on any atom is 0.270 e. The predicted molar refractivity (Wildman–Crippen MR) is 98.4 cm³/mol. The number of anilines is 2. The number of hydrogen-bond donors (Lipinski definition) is 2. The van der Waals surface area contributed by atoms with Gasteiger partial charge in [0.25, 0.3) is 5.91 Å². The molecule has 0 atom stereocenters. The standard InChI is InChI=1S/C18H24N4O4/c1-12-20-15(18(23)19-8-5-9-24-2)11-17(21-12)22-14-10-13(25-3)6-7-16(14)26-4/h6-7,10-11H,5,8-9H2,1-4H3,(H,19,23)(H,20,21,22). The summed E-state index contributed by atoms with van der Waals surface area (Å²) >= 11 is 0. The molecule has 0 fully saturated rings. The third kappa shape index (κ3) is 5.32. The van der Waals surface area contributed by atoms with E-state index >= 15 is 0 Å². The molecule has 140 valence electrons. The van der Waals surface area contributed by atoms with Gasteiger partial charge in [0.2, 0.25) is 0 Å². The number of aryl methyl sites for hydroxylation is 1. The van der Waals surface area contributed by atoms with Crippen molar-refractivity contribution >= 4 is 17.4 Å². The van der Waals surface area contributed by atoms with Gasteiger partial charge in [0, 0.05) is 32.4 Å². The fourth-order valence-electron chi connectivity index (χ4n) is 2.31. The van der Waals surface area contributed by atoms with E-state index in [2.05, 4.69) is 20.6 Å². The monoisotopic (exact) mass is 360 g/mol. The van der Waals surface area contributed by atoms with Crippen molar-refractivity contribution in [2.24, 2.45) is 0 Å². The van der Waals surface area contributed by atoms with Gasteiger partial charge in [-0.3, -0.25) is 4.79 Å². The van der Waals surface area contributed by atoms with Crippen LogP contribution in [0.3, 0.4) is 0 Å². The molecule has 0 radical (unpaired) electrons. The zero-order chi connectivity index (χ0) is 18.9. The smallest absolute Gasteiger partial charge is 0.270 e. The Morgan fingerprint density at radius 2 is 1.92 bits per heavy atom. The zero-order valence-electron chi connectivity index (χ0n) is 15.5. The second-order valence-electron chi connectivity index (χ2n) is 5.48. The summed E-state index contributed by atoms with van der Waals surface area (Å²) in [5, 5.41) is 5.97. The summed E-state index contributed by atoms with van der Waals surface area (Å²) in [6.07, 6.45) is 0.735. The number of benzene rings is 1. The van der Waals surface area contributed by atoms with Gasteiger partial charge >= 0.3 is 0 Å². The second-order valence-corrected chi connectivity index (χ2v) is 5.48. The van der Waals surface area contributed by atoms with Gasteiger partial charge in [0.1, 0.15) is 28.8 Å². The highest BCUT2D eigenvalue weighted by Gasteiger charge is 2.12. The number of amides is 1. The quantitative estimate of drug-likeness (QED) is 0.663. The lowest BCUT2D eigenvalue weighted by molar-refractivity contribution is 0.0943. The highest BCUT2D eigenvalue weighted by Crippen LogP contribution is 2.31. The van der Waals surface area contributed by atoms with Crippen LogP contribution in [0.2, 0.25) is 0 Å². The van der Waals surface area contributed by atoms with E-state index in [1.165, 1.54) is 0 Å². The molecule has 0 aliphatic rings. The molecule has 0 saturated heterocycles. The molecule has 0 aliphatic heterocycles. The van der Waals surface area contributed by atoms with Crippen LogP contribution in [0.1, 0.15) is 22.7 Å². The van der Waals surface area contributed by atoms with Gasteiger partial charge in [0.15, 0.2) is 0 Å². The molecular formula is C18H24N4O4. The molecule has 0 saturated carbocycles. The Balaban J connectivity index is 2.18. The maximum atomic E-state index is 12.3. The minimum Gasteiger partial charge on any atom is -0.497 e. The van der Waals surface area contributed by atoms with Crippen LogP contribution in [0.5, 0.6) is 11.5 Å². The highest BCUT2D eigenvalue weighted by molar-refractivity contribution is 5.93. The van der Waals surface area contributed by atoms with Crippen molar-refractivity contribution in [2.75, 3.05) is 39.8 Å². The van der Waals surface area contributed by atoms with Crippen molar-refractivity contribution in [3.63, 3.8) is 0 Å². The third-order valence-electron chi connectivity index (χ3n) is 3.55. The van der Waals surface area contributed by atoms with Gasteiger partial charge in [0.05, 0.1) is 19.9 Å². The Kier molecular flexibility index (Phi) is 7.16. The number of methoxy groups -OCH3 is 3. The normalized spacial score (nSPS) is 10.3. The molecule has 0 unspecified atom stereocenters. The van der Waals surface area contributed by atoms with Gasteiger partial charge < -0.3 is 24.8 Å². The van der Waals surface area contributed by atoms with Gasteiger partial charge in [-0.05, 0) is 25.5 Å². The lowest BCUT2D eigenvalue weighted by Crippen LogP contribution is -2.26. The van der Waals surface area contributed by atoms with Crippen LogP contribution in [-0.4, -0.2) is 50.4 Å².